The molecule has 0 unspecified atom stereocenters. The fourth-order valence-corrected chi connectivity index (χ4v) is 3.04. The second-order valence-electron chi connectivity index (χ2n) is 6.74. The number of anilines is 1. The molecule has 0 spiro atoms. The van der Waals surface area contributed by atoms with Crippen LogP contribution in [-0.2, 0) is 0 Å². The average Bonchev–Trinajstić information content (AvgIpc) is 3.09. The maximum absolute atomic E-state index is 12.9. The molecule has 0 aliphatic rings. The molecule has 0 saturated carbocycles. The smallest absolute Gasteiger partial charge is 0.335 e. The van der Waals surface area contributed by atoms with Crippen molar-refractivity contribution in [2.45, 2.75) is 26.8 Å². The minimum Gasteiger partial charge on any atom is -0.493 e. The Morgan fingerprint density at radius 1 is 1.17 bits per heavy atom. The Labute approximate surface area is 167 Å². The summed E-state index contributed by atoms with van der Waals surface area (Å²) in [6, 6.07) is 4.49. The molecule has 0 fully saturated rings. The number of aromatic carboxylic acids is 1. The highest BCUT2D eigenvalue weighted by Crippen LogP contribution is 2.37. The molecule has 0 atom stereocenters. The minimum atomic E-state index is -1.15. The monoisotopic (exact) mass is 398 g/mol. The van der Waals surface area contributed by atoms with E-state index in [0.29, 0.717) is 16.9 Å². The van der Waals surface area contributed by atoms with Crippen molar-refractivity contribution in [2.24, 2.45) is 0 Å². The summed E-state index contributed by atoms with van der Waals surface area (Å²) < 4.78 is 12.3. The van der Waals surface area contributed by atoms with Gasteiger partial charge in [0.2, 0.25) is 0 Å². The summed E-state index contributed by atoms with van der Waals surface area (Å²) >= 11 is 0. The van der Waals surface area contributed by atoms with E-state index in [0.717, 1.165) is 5.39 Å². The highest BCUT2D eigenvalue weighted by atomic mass is 16.5. The Bertz CT molecular complexity index is 1100. The van der Waals surface area contributed by atoms with Crippen molar-refractivity contribution in [1.29, 1.82) is 0 Å². The zero-order chi connectivity index (χ0) is 21.3. The molecule has 152 valence electrons. The van der Waals surface area contributed by atoms with E-state index in [-0.39, 0.29) is 28.8 Å². The second-order valence-corrected chi connectivity index (χ2v) is 6.74. The number of hydrogen-bond acceptors (Lipinski definition) is 6. The summed E-state index contributed by atoms with van der Waals surface area (Å²) in [5, 5.41) is 17.1. The summed E-state index contributed by atoms with van der Waals surface area (Å²) in [7, 11) is 2.80. The van der Waals surface area contributed by atoms with Gasteiger partial charge in [0.15, 0.2) is 17.1 Å². The number of ether oxygens (including phenoxy) is 2. The SMILES string of the molecule is COc1cc(C(=O)O)cc(NC(=O)c2cc3cnn(C(C)C)c3nc2C)c1OC. The van der Waals surface area contributed by atoms with E-state index in [9.17, 15) is 14.7 Å². The number of carbonyl (C=O) groups excluding carboxylic acids is 1. The minimum absolute atomic E-state index is 0.0403. The average molecular weight is 398 g/mol. The Morgan fingerprint density at radius 2 is 1.90 bits per heavy atom. The van der Waals surface area contributed by atoms with Crippen molar-refractivity contribution in [2.75, 3.05) is 19.5 Å². The van der Waals surface area contributed by atoms with Crippen molar-refractivity contribution in [3.05, 3.63) is 41.2 Å². The van der Waals surface area contributed by atoms with Gasteiger partial charge in [-0.25, -0.2) is 14.5 Å². The van der Waals surface area contributed by atoms with E-state index >= 15 is 0 Å². The van der Waals surface area contributed by atoms with Crippen molar-refractivity contribution in [3.63, 3.8) is 0 Å². The fourth-order valence-electron chi connectivity index (χ4n) is 3.04. The lowest BCUT2D eigenvalue weighted by molar-refractivity contribution is 0.0696. The van der Waals surface area contributed by atoms with Crippen LogP contribution < -0.4 is 14.8 Å². The predicted octanol–water partition coefficient (Wildman–Crippen LogP) is 3.29. The number of rotatable bonds is 6. The molecule has 1 amide bonds. The van der Waals surface area contributed by atoms with Gasteiger partial charge in [-0.15, -0.1) is 0 Å². The molecule has 0 bridgehead atoms. The molecule has 3 aromatic rings. The van der Waals surface area contributed by atoms with Crippen LogP contribution in [0.25, 0.3) is 11.0 Å². The predicted molar refractivity (Wildman–Crippen MR) is 107 cm³/mol. The highest BCUT2D eigenvalue weighted by Gasteiger charge is 2.20. The molecule has 9 nitrogen and oxygen atoms in total. The van der Waals surface area contributed by atoms with Crippen molar-refractivity contribution in [1.82, 2.24) is 14.8 Å². The van der Waals surface area contributed by atoms with E-state index in [2.05, 4.69) is 15.4 Å². The van der Waals surface area contributed by atoms with Gasteiger partial charge in [0.1, 0.15) is 0 Å². The number of benzene rings is 1. The standard InChI is InChI=1S/C20H22N4O5/c1-10(2)24-18-13(9-21-24)6-14(11(3)22-18)19(25)23-15-7-12(20(26)27)8-16(28-4)17(15)29-5/h6-10H,1-5H3,(H,23,25)(H,26,27). The van der Waals surface area contributed by atoms with Crippen LogP contribution in [-0.4, -0.2) is 46.0 Å². The highest BCUT2D eigenvalue weighted by molar-refractivity contribution is 6.08. The lowest BCUT2D eigenvalue weighted by atomic mass is 10.1. The van der Waals surface area contributed by atoms with Gasteiger partial charge in [0.25, 0.3) is 5.91 Å². The van der Waals surface area contributed by atoms with Crippen LogP contribution in [0.4, 0.5) is 5.69 Å². The van der Waals surface area contributed by atoms with Crippen LogP contribution >= 0.6 is 0 Å². The summed E-state index contributed by atoms with van der Waals surface area (Å²) in [5.41, 5.74) is 1.72. The third-order valence-electron chi connectivity index (χ3n) is 4.47. The fraction of sp³-hybridized carbons (Fsp3) is 0.300. The first-order chi connectivity index (χ1) is 13.8. The Kier molecular flexibility index (Phi) is 5.40. The molecule has 9 heteroatoms. The first-order valence-corrected chi connectivity index (χ1v) is 8.92. The number of amides is 1. The molecule has 1 aromatic carbocycles. The Hall–Kier alpha value is -3.62. The number of aryl methyl sites for hydroxylation is 1. The summed E-state index contributed by atoms with van der Waals surface area (Å²) in [4.78, 5) is 28.9. The van der Waals surface area contributed by atoms with E-state index in [1.807, 2.05) is 13.8 Å². The number of nitrogens with one attached hydrogen (secondary N) is 1. The number of nitrogens with zero attached hydrogens (tertiary/aromatic N) is 3. The van der Waals surface area contributed by atoms with E-state index in [4.69, 9.17) is 9.47 Å². The number of hydrogen-bond donors (Lipinski definition) is 2. The summed E-state index contributed by atoms with van der Waals surface area (Å²) in [6.45, 7) is 5.73. The lowest BCUT2D eigenvalue weighted by Gasteiger charge is -2.15. The maximum Gasteiger partial charge on any atom is 0.335 e. The molecule has 29 heavy (non-hydrogen) atoms. The number of methoxy groups -OCH3 is 2. The summed E-state index contributed by atoms with van der Waals surface area (Å²) in [6.07, 6.45) is 1.66. The van der Waals surface area contributed by atoms with Crippen molar-refractivity contribution >= 4 is 28.6 Å². The molecule has 3 rings (SSSR count). The zero-order valence-corrected chi connectivity index (χ0v) is 16.8. The molecule has 2 aromatic heterocycles. The number of pyridine rings is 1. The van der Waals surface area contributed by atoms with Gasteiger partial charge in [-0.2, -0.15) is 5.10 Å². The van der Waals surface area contributed by atoms with Crippen LogP contribution in [0.2, 0.25) is 0 Å². The van der Waals surface area contributed by atoms with Gasteiger partial charge < -0.3 is 19.9 Å². The van der Waals surface area contributed by atoms with Crippen LogP contribution in [0, 0.1) is 6.92 Å². The van der Waals surface area contributed by atoms with E-state index in [1.165, 1.54) is 26.4 Å². The van der Waals surface area contributed by atoms with Gasteiger partial charge in [-0.05, 0) is 39.0 Å². The number of carboxylic acids is 1. The molecule has 0 radical (unpaired) electrons. The number of carbonyl (C=O) groups is 2. The summed E-state index contributed by atoms with van der Waals surface area (Å²) in [5.74, 6) is -1.17. The first-order valence-electron chi connectivity index (χ1n) is 8.92. The second kappa shape index (κ2) is 7.78. The van der Waals surface area contributed by atoms with E-state index in [1.54, 1.807) is 23.9 Å². The molecular weight excluding hydrogens is 376 g/mol. The van der Waals surface area contributed by atoms with Crippen LogP contribution in [0.1, 0.15) is 46.3 Å². The topological polar surface area (TPSA) is 116 Å². The maximum atomic E-state index is 12.9. The normalized spacial score (nSPS) is 11.0. The van der Waals surface area contributed by atoms with Gasteiger partial charge in [-0.3, -0.25) is 4.79 Å². The molecule has 2 N–H and O–H groups in total. The molecule has 0 aliphatic heterocycles. The third kappa shape index (κ3) is 3.71. The quantitative estimate of drug-likeness (QED) is 0.654. The van der Waals surface area contributed by atoms with Gasteiger partial charge in [0, 0.05) is 11.4 Å². The first kappa shape index (κ1) is 20.1. The Morgan fingerprint density at radius 3 is 2.48 bits per heavy atom. The number of aromatic nitrogens is 3. The van der Waals surface area contributed by atoms with Crippen LogP contribution in [0.3, 0.4) is 0 Å². The number of carboxylic acid groups (broad SMARTS) is 1. The van der Waals surface area contributed by atoms with Crippen LogP contribution in [0.15, 0.2) is 24.4 Å². The zero-order valence-electron chi connectivity index (χ0n) is 16.8. The largest absolute Gasteiger partial charge is 0.493 e. The molecule has 2 heterocycles. The number of fused-ring (bicyclic) bond motifs is 1. The van der Waals surface area contributed by atoms with Crippen molar-refractivity contribution in [3.8, 4) is 11.5 Å². The molecular formula is C20H22N4O5. The van der Waals surface area contributed by atoms with Crippen LogP contribution in [0.5, 0.6) is 11.5 Å². The van der Waals surface area contributed by atoms with Gasteiger partial charge in [0.05, 0.1) is 42.9 Å². The van der Waals surface area contributed by atoms with E-state index < -0.39 is 11.9 Å². The van der Waals surface area contributed by atoms with Crippen molar-refractivity contribution < 1.29 is 24.2 Å². The van der Waals surface area contributed by atoms with Gasteiger partial charge in [-0.1, -0.05) is 0 Å². The van der Waals surface area contributed by atoms with Gasteiger partial charge >= 0.3 is 5.97 Å². The lowest BCUT2D eigenvalue weighted by Crippen LogP contribution is -2.16. The third-order valence-corrected chi connectivity index (χ3v) is 4.47. The molecule has 0 saturated heterocycles. The Balaban J connectivity index is 2.03. The molecule has 0 aliphatic carbocycles.